The molecule has 2 amide bonds. The fourth-order valence-corrected chi connectivity index (χ4v) is 4.58. The third-order valence-corrected chi connectivity index (χ3v) is 6.15. The Kier molecular flexibility index (Phi) is 6.47. The topological polar surface area (TPSA) is 116 Å². The monoisotopic (exact) mass is 418 g/mol. The summed E-state index contributed by atoms with van der Waals surface area (Å²) in [4.78, 5) is 39.8. The lowest BCUT2D eigenvalue weighted by Gasteiger charge is -2.33. The summed E-state index contributed by atoms with van der Waals surface area (Å²) >= 11 is 0. The van der Waals surface area contributed by atoms with Crippen molar-refractivity contribution in [2.24, 2.45) is 11.8 Å². The van der Waals surface area contributed by atoms with Gasteiger partial charge in [0, 0.05) is 12.6 Å². The van der Waals surface area contributed by atoms with E-state index in [2.05, 4.69) is 5.32 Å². The standard InChI is InChI=1S/C22H30N2O6/c1-4-6-11-24-19(26)16-17(20(24)27)22(13(3)25,21(28)29)23-18(16)14-7-9-15(10-8-14)30-12-5-2/h7-10,13,16-18,23,25H,4-6,11-12H2,1-3H3,(H,28,29). The molecule has 2 heterocycles. The molecule has 3 rings (SSSR count). The van der Waals surface area contributed by atoms with E-state index in [1.165, 1.54) is 11.8 Å². The van der Waals surface area contributed by atoms with E-state index < -0.39 is 41.4 Å². The van der Waals surface area contributed by atoms with Crippen LogP contribution >= 0.6 is 0 Å². The molecule has 2 aliphatic rings. The molecule has 1 aromatic rings. The van der Waals surface area contributed by atoms with E-state index in [1.807, 2.05) is 13.8 Å². The van der Waals surface area contributed by atoms with E-state index in [0.29, 0.717) is 24.3 Å². The Labute approximate surface area is 176 Å². The zero-order chi connectivity index (χ0) is 22.1. The second-order valence-electron chi connectivity index (χ2n) is 8.07. The number of amides is 2. The molecule has 2 fully saturated rings. The molecule has 0 aliphatic carbocycles. The fraction of sp³-hybridized carbons (Fsp3) is 0.591. The zero-order valence-corrected chi connectivity index (χ0v) is 17.6. The van der Waals surface area contributed by atoms with Gasteiger partial charge in [0.15, 0.2) is 5.54 Å². The van der Waals surface area contributed by atoms with Gasteiger partial charge in [-0.2, -0.15) is 0 Å². The van der Waals surface area contributed by atoms with Crippen LogP contribution in [0.3, 0.4) is 0 Å². The minimum Gasteiger partial charge on any atom is -0.494 e. The van der Waals surface area contributed by atoms with Crippen molar-refractivity contribution in [2.45, 2.75) is 57.7 Å². The predicted molar refractivity (Wildman–Crippen MR) is 109 cm³/mol. The summed E-state index contributed by atoms with van der Waals surface area (Å²) in [6.07, 6.45) is 0.943. The van der Waals surface area contributed by atoms with Gasteiger partial charge in [0.2, 0.25) is 11.8 Å². The number of aliphatic hydroxyl groups is 1. The number of carboxylic acid groups (broad SMARTS) is 1. The quantitative estimate of drug-likeness (QED) is 0.523. The number of aliphatic hydroxyl groups excluding tert-OH is 1. The Morgan fingerprint density at radius 1 is 1.20 bits per heavy atom. The number of nitrogens with zero attached hydrogens (tertiary/aromatic N) is 1. The highest BCUT2D eigenvalue weighted by Crippen LogP contribution is 2.50. The van der Waals surface area contributed by atoms with Gasteiger partial charge in [-0.15, -0.1) is 0 Å². The Bertz CT molecular complexity index is 808. The summed E-state index contributed by atoms with van der Waals surface area (Å²) in [5.74, 6) is -3.63. The van der Waals surface area contributed by atoms with Crippen LogP contribution in [0, 0.1) is 11.8 Å². The third-order valence-electron chi connectivity index (χ3n) is 6.15. The number of carboxylic acids is 1. The number of hydrogen-bond acceptors (Lipinski definition) is 6. The van der Waals surface area contributed by atoms with Crippen molar-refractivity contribution in [2.75, 3.05) is 13.2 Å². The highest BCUT2D eigenvalue weighted by molar-refractivity contribution is 6.09. The molecule has 8 heteroatoms. The number of carbonyl (C=O) groups is 3. The van der Waals surface area contributed by atoms with Crippen LogP contribution in [0.2, 0.25) is 0 Å². The average Bonchev–Trinajstić information content (AvgIpc) is 3.21. The molecule has 30 heavy (non-hydrogen) atoms. The van der Waals surface area contributed by atoms with Crippen molar-refractivity contribution in [3.05, 3.63) is 29.8 Å². The van der Waals surface area contributed by atoms with Crippen LogP contribution in [0.15, 0.2) is 24.3 Å². The van der Waals surface area contributed by atoms with Crippen LogP contribution in [0.1, 0.15) is 51.6 Å². The molecule has 0 radical (unpaired) electrons. The van der Waals surface area contributed by atoms with Crippen LogP contribution in [0.25, 0.3) is 0 Å². The lowest BCUT2D eigenvalue weighted by molar-refractivity contribution is -0.156. The molecular formula is C22H30N2O6. The van der Waals surface area contributed by atoms with Crippen LogP contribution < -0.4 is 10.1 Å². The lowest BCUT2D eigenvalue weighted by atomic mass is 9.76. The number of ether oxygens (including phenoxy) is 1. The SMILES string of the molecule is CCCCN1C(=O)C2C(c3ccc(OCCC)cc3)NC(C(=O)O)(C(C)O)C2C1=O. The zero-order valence-electron chi connectivity index (χ0n) is 17.6. The molecule has 8 nitrogen and oxygen atoms in total. The first-order valence-corrected chi connectivity index (χ1v) is 10.6. The normalized spacial score (nSPS) is 29.2. The van der Waals surface area contributed by atoms with Crippen molar-refractivity contribution in [3.63, 3.8) is 0 Å². The van der Waals surface area contributed by atoms with Crippen LogP contribution in [-0.2, 0) is 14.4 Å². The molecule has 0 saturated carbocycles. The van der Waals surface area contributed by atoms with E-state index >= 15 is 0 Å². The minimum absolute atomic E-state index is 0.257. The molecule has 0 aromatic heterocycles. The first-order chi connectivity index (χ1) is 14.3. The second-order valence-corrected chi connectivity index (χ2v) is 8.07. The minimum atomic E-state index is -1.93. The fourth-order valence-electron chi connectivity index (χ4n) is 4.58. The van der Waals surface area contributed by atoms with Crippen LogP contribution in [0.4, 0.5) is 0 Å². The van der Waals surface area contributed by atoms with Gasteiger partial charge >= 0.3 is 5.97 Å². The Balaban J connectivity index is 2.01. The number of benzene rings is 1. The molecule has 5 unspecified atom stereocenters. The molecule has 2 saturated heterocycles. The van der Waals surface area contributed by atoms with E-state index in [1.54, 1.807) is 24.3 Å². The van der Waals surface area contributed by atoms with Gasteiger partial charge in [0.05, 0.1) is 24.5 Å². The summed E-state index contributed by atoms with van der Waals surface area (Å²) in [6, 6.07) is 6.36. The summed E-state index contributed by atoms with van der Waals surface area (Å²) in [6.45, 7) is 6.14. The summed E-state index contributed by atoms with van der Waals surface area (Å²) in [5, 5.41) is 23.4. The van der Waals surface area contributed by atoms with Gasteiger partial charge in [-0.25, -0.2) is 0 Å². The number of imide groups is 1. The van der Waals surface area contributed by atoms with Gasteiger partial charge in [0.25, 0.3) is 0 Å². The third kappa shape index (κ3) is 3.48. The second kappa shape index (κ2) is 8.73. The number of aliphatic carboxylic acids is 1. The highest BCUT2D eigenvalue weighted by atomic mass is 16.5. The summed E-state index contributed by atoms with van der Waals surface area (Å²) < 4.78 is 5.59. The molecule has 0 bridgehead atoms. The number of fused-ring (bicyclic) bond motifs is 1. The van der Waals surface area contributed by atoms with E-state index in [0.717, 1.165) is 12.8 Å². The summed E-state index contributed by atoms with van der Waals surface area (Å²) in [5.41, 5.74) is -1.25. The Hall–Kier alpha value is -2.45. The first kappa shape index (κ1) is 22.2. The van der Waals surface area contributed by atoms with E-state index in [4.69, 9.17) is 4.74 Å². The Morgan fingerprint density at radius 2 is 1.87 bits per heavy atom. The number of unbranched alkanes of at least 4 members (excludes halogenated alkanes) is 1. The van der Waals surface area contributed by atoms with Gasteiger partial charge in [-0.3, -0.25) is 24.6 Å². The molecule has 5 atom stereocenters. The van der Waals surface area contributed by atoms with E-state index in [9.17, 15) is 24.6 Å². The van der Waals surface area contributed by atoms with Crippen molar-refractivity contribution < 1.29 is 29.3 Å². The largest absolute Gasteiger partial charge is 0.494 e. The molecule has 3 N–H and O–H groups in total. The van der Waals surface area contributed by atoms with Crippen molar-refractivity contribution in [1.29, 1.82) is 0 Å². The smallest absolute Gasteiger partial charge is 0.327 e. The van der Waals surface area contributed by atoms with Crippen molar-refractivity contribution in [3.8, 4) is 5.75 Å². The number of carbonyl (C=O) groups excluding carboxylic acids is 2. The number of likely N-dealkylation sites (tertiary alicyclic amines) is 1. The van der Waals surface area contributed by atoms with Crippen molar-refractivity contribution in [1.82, 2.24) is 10.2 Å². The maximum atomic E-state index is 13.2. The Morgan fingerprint density at radius 3 is 2.40 bits per heavy atom. The molecule has 164 valence electrons. The maximum absolute atomic E-state index is 13.2. The molecule has 2 aliphatic heterocycles. The van der Waals surface area contributed by atoms with Gasteiger partial charge in [0.1, 0.15) is 5.75 Å². The number of nitrogens with one attached hydrogen (secondary N) is 1. The first-order valence-electron chi connectivity index (χ1n) is 10.6. The molecule has 0 spiro atoms. The summed E-state index contributed by atoms with van der Waals surface area (Å²) in [7, 11) is 0. The van der Waals surface area contributed by atoms with Crippen LogP contribution in [0.5, 0.6) is 5.75 Å². The van der Waals surface area contributed by atoms with Gasteiger partial charge in [-0.05, 0) is 37.5 Å². The van der Waals surface area contributed by atoms with Crippen molar-refractivity contribution >= 4 is 17.8 Å². The number of rotatable bonds is 9. The highest BCUT2D eigenvalue weighted by Gasteiger charge is 2.70. The van der Waals surface area contributed by atoms with Gasteiger partial charge < -0.3 is 14.9 Å². The van der Waals surface area contributed by atoms with Gasteiger partial charge in [-0.1, -0.05) is 32.4 Å². The number of hydrogen-bond donors (Lipinski definition) is 3. The van der Waals surface area contributed by atoms with E-state index in [-0.39, 0.29) is 12.5 Å². The molecular weight excluding hydrogens is 388 g/mol. The van der Waals surface area contributed by atoms with Crippen LogP contribution in [-0.4, -0.2) is 57.7 Å². The predicted octanol–water partition coefficient (Wildman–Crippen LogP) is 1.73. The molecule has 1 aromatic carbocycles. The maximum Gasteiger partial charge on any atom is 0.327 e. The average molecular weight is 418 g/mol. The lowest BCUT2D eigenvalue weighted by Crippen LogP contribution is -2.62.